The molecule has 0 rings (SSSR count). The summed E-state index contributed by atoms with van der Waals surface area (Å²) < 4.78 is 0. The van der Waals surface area contributed by atoms with Gasteiger partial charge in [-0.15, -0.1) is 13.2 Å². The lowest BCUT2D eigenvalue weighted by molar-refractivity contribution is 0.0412. The van der Waals surface area contributed by atoms with E-state index in [0.29, 0.717) is 0 Å². The van der Waals surface area contributed by atoms with Gasteiger partial charge >= 0.3 is 0 Å². The second kappa shape index (κ2) is 5.37. The Labute approximate surface area is 70.3 Å². The van der Waals surface area contributed by atoms with Gasteiger partial charge in [0.1, 0.15) is 0 Å². The molecule has 0 aliphatic rings. The Morgan fingerprint density at radius 3 is 2.25 bits per heavy atom. The van der Waals surface area contributed by atoms with Crippen LogP contribution in [-0.4, -0.2) is 28.5 Å². The Kier molecular flexibility index (Phi) is 4.79. The molecular formula is C7H11N3O2. The van der Waals surface area contributed by atoms with E-state index in [1.54, 1.807) is 0 Å². The van der Waals surface area contributed by atoms with E-state index in [9.17, 15) is 5.11 Å². The van der Waals surface area contributed by atoms with Gasteiger partial charge in [-0.2, -0.15) is 0 Å². The molecule has 0 amide bonds. The van der Waals surface area contributed by atoms with Crippen molar-refractivity contribution in [3.8, 4) is 0 Å². The first-order valence-corrected chi connectivity index (χ1v) is 3.32. The fourth-order valence-corrected chi connectivity index (χ4v) is 0.656. The average molecular weight is 169 g/mol. The van der Waals surface area contributed by atoms with Crippen molar-refractivity contribution in [2.45, 2.75) is 18.2 Å². The van der Waals surface area contributed by atoms with Crippen LogP contribution in [0.1, 0.15) is 0 Å². The number of aliphatic hydroxyl groups is 2. The quantitative estimate of drug-likeness (QED) is 0.275. The molecule has 0 saturated carbocycles. The lowest BCUT2D eigenvalue weighted by Crippen LogP contribution is -2.33. The largest absolute Gasteiger partial charge is 0.389 e. The van der Waals surface area contributed by atoms with E-state index in [1.165, 1.54) is 6.08 Å². The average Bonchev–Trinajstić information content (AvgIpc) is 2.11. The molecule has 0 radical (unpaired) electrons. The fraction of sp³-hybridized carbons (Fsp3) is 0.429. The number of hydrogen-bond acceptors (Lipinski definition) is 3. The third-order valence-electron chi connectivity index (χ3n) is 1.37. The van der Waals surface area contributed by atoms with Gasteiger partial charge in [-0.05, 0) is 5.53 Å². The molecule has 0 aromatic heterocycles. The van der Waals surface area contributed by atoms with Gasteiger partial charge in [-0.1, -0.05) is 17.3 Å². The molecule has 0 aromatic carbocycles. The maximum Gasteiger partial charge on any atom is 0.0984 e. The molecule has 66 valence electrons. The van der Waals surface area contributed by atoms with Crippen LogP contribution < -0.4 is 0 Å². The maximum atomic E-state index is 9.25. The second-order valence-electron chi connectivity index (χ2n) is 2.15. The van der Waals surface area contributed by atoms with Gasteiger partial charge in [0, 0.05) is 4.91 Å². The summed E-state index contributed by atoms with van der Waals surface area (Å²) in [6.45, 7) is 6.63. The molecule has 5 nitrogen and oxygen atoms in total. The number of rotatable bonds is 5. The topological polar surface area (TPSA) is 89.2 Å². The van der Waals surface area contributed by atoms with Crippen LogP contribution in [0.2, 0.25) is 0 Å². The third-order valence-corrected chi connectivity index (χ3v) is 1.37. The summed E-state index contributed by atoms with van der Waals surface area (Å²) in [5.74, 6) is 0. The van der Waals surface area contributed by atoms with Crippen molar-refractivity contribution in [2.24, 2.45) is 5.11 Å². The molecule has 0 heterocycles. The van der Waals surface area contributed by atoms with E-state index in [0.717, 1.165) is 6.08 Å². The highest BCUT2D eigenvalue weighted by Gasteiger charge is 2.20. The van der Waals surface area contributed by atoms with Crippen LogP contribution in [0.4, 0.5) is 0 Å². The molecule has 0 spiro atoms. The minimum atomic E-state index is -1.18. The molecule has 2 N–H and O–H groups in total. The van der Waals surface area contributed by atoms with Crippen LogP contribution >= 0.6 is 0 Å². The standard InChI is InChI=1S/C7H11N3O2/c1-3-5(9-10-8)7(12)6(11)4-2/h3-7,11-12H,1-2H2/t5-,6+,7-/m0/s1. The highest BCUT2D eigenvalue weighted by Crippen LogP contribution is 2.06. The van der Waals surface area contributed by atoms with E-state index in [4.69, 9.17) is 10.6 Å². The molecule has 12 heavy (non-hydrogen) atoms. The normalized spacial score (nSPS) is 16.8. The van der Waals surface area contributed by atoms with Crippen LogP contribution in [0.25, 0.3) is 10.4 Å². The number of hydrogen-bond donors (Lipinski definition) is 2. The summed E-state index contributed by atoms with van der Waals surface area (Å²) in [5.41, 5.74) is 8.06. The molecule has 3 atom stereocenters. The number of aliphatic hydroxyl groups excluding tert-OH is 2. The smallest absolute Gasteiger partial charge is 0.0984 e. The SMILES string of the molecule is C=C[C@@H](O)[C@@H](O)[C@H](C=C)N=[N+]=[N-]. The number of nitrogens with zero attached hydrogens (tertiary/aromatic N) is 3. The zero-order valence-corrected chi connectivity index (χ0v) is 6.54. The Hall–Kier alpha value is -1.29. The van der Waals surface area contributed by atoms with Crippen LogP contribution in [0.5, 0.6) is 0 Å². The monoisotopic (exact) mass is 169 g/mol. The van der Waals surface area contributed by atoms with E-state index in [1.807, 2.05) is 0 Å². The summed E-state index contributed by atoms with van der Waals surface area (Å²) in [4.78, 5) is 2.49. The summed E-state index contributed by atoms with van der Waals surface area (Å²) in [5, 5.41) is 21.5. The highest BCUT2D eigenvalue weighted by molar-refractivity contribution is 4.98. The summed E-state index contributed by atoms with van der Waals surface area (Å²) >= 11 is 0. The Morgan fingerprint density at radius 1 is 1.33 bits per heavy atom. The molecule has 5 heteroatoms. The predicted octanol–water partition coefficient (Wildman–Crippen LogP) is 0.759. The van der Waals surface area contributed by atoms with Crippen molar-refractivity contribution < 1.29 is 10.2 Å². The van der Waals surface area contributed by atoms with Crippen molar-refractivity contribution >= 4 is 0 Å². The van der Waals surface area contributed by atoms with E-state index in [2.05, 4.69) is 23.2 Å². The minimum Gasteiger partial charge on any atom is -0.389 e. The van der Waals surface area contributed by atoms with E-state index >= 15 is 0 Å². The van der Waals surface area contributed by atoms with Gasteiger partial charge in [0.15, 0.2) is 0 Å². The van der Waals surface area contributed by atoms with Gasteiger partial charge < -0.3 is 10.2 Å². The van der Waals surface area contributed by atoms with Crippen LogP contribution in [0.3, 0.4) is 0 Å². The van der Waals surface area contributed by atoms with Gasteiger partial charge in [0.05, 0.1) is 18.2 Å². The lowest BCUT2D eigenvalue weighted by Gasteiger charge is -2.17. The molecule has 0 unspecified atom stereocenters. The van der Waals surface area contributed by atoms with Gasteiger partial charge in [0.25, 0.3) is 0 Å². The zero-order valence-electron chi connectivity index (χ0n) is 6.54. The molecule has 0 aliphatic carbocycles. The molecule has 0 aromatic rings. The van der Waals surface area contributed by atoms with Crippen molar-refractivity contribution in [1.29, 1.82) is 0 Å². The predicted molar refractivity (Wildman–Crippen MR) is 45.3 cm³/mol. The van der Waals surface area contributed by atoms with Gasteiger partial charge in [-0.25, -0.2) is 0 Å². The number of azide groups is 1. The Morgan fingerprint density at radius 2 is 1.92 bits per heavy atom. The van der Waals surface area contributed by atoms with Crippen LogP contribution in [0.15, 0.2) is 30.4 Å². The second-order valence-corrected chi connectivity index (χ2v) is 2.15. The van der Waals surface area contributed by atoms with Crippen molar-refractivity contribution in [2.75, 3.05) is 0 Å². The fourth-order valence-electron chi connectivity index (χ4n) is 0.656. The summed E-state index contributed by atoms with van der Waals surface area (Å²) in [6, 6.07) is -0.831. The zero-order chi connectivity index (χ0) is 9.56. The Bertz CT molecular complexity index is 211. The van der Waals surface area contributed by atoms with E-state index in [-0.39, 0.29) is 0 Å². The summed E-state index contributed by atoms with van der Waals surface area (Å²) in [6.07, 6.45) is 0.125. The Balaban J connectivity index is 4.38. The van der Waals surface area contributed by atoms with E-state index < -0.39 is 18.2 Å². The molecule has 0 aliphatic heterocycles. The van der Waals surface area contributed by atoms with Crippen LogP contribution in [-0.2, 0) is 0 Å². The first-order valence-electron chi connectivity index (χ1n) is 3.32. The summed E-state index contributed by atoms with van der Waals surface area (Å²) in [7, 11) is 0. The van der Waals surface area contributed by atoms with Crippen molar-refractivity contribution in [3.63, 3.8) is 0 Å². The molecule has 0 fully saturated rings. The third kappa shape index (κ3) is 2.75. The maximum absolute atomic E-state index is 9.25. The molecule has 0 bridgehead atoms. The van der Waals surface area contributed by atoms with Crippen molar-refractivity contribution in [1.82, 2.24) is 0 Å². The first-order chi connectivity index (χ1) is 5.67. The molecule has 0 saturated heterocycles. The lowest BCUT2D eigenvalue weighted by atomic mass is 10.1. The van der Waals surface area contributed by atoms with Gasteiger partial charge in [-0.3, -0.25) is 0 Å². The van der Waals surface area contributed by atoms with Gasteiger partial charge in [0.2, 0.25) is 0 Å². The van der Waals surface area contributed by atoms with Crippen LogP contribution in [0, 0.1) is 0 Å². The first kappa shape index (κ1) is 10.7. The highest BCUT2D eigenvalue weighted by atomic mass is 16.3. The van der Waals surface area contributed by atoms with Crippen molar-refractivity contribution in [3.05, 3.63) is 35.8 Å². The minimum absolute atomic E-state index is 0.831. The molecular weight excluding hydrogens is 158 g/mol.